The van der Waals surface area contributed by atoms with Crippen LogP contribution in [0.5, 0.6) is 0 Å². The van der Waals surface area contributed by atoms with Crippen LogP contribution in [0, 0.1) is 5.92 Å². The molecule has 1 atom stereocenters. The first-order valence-corrected chi connectivity index (χ1v) is 9.48. The quantitative estimate of drug-likeness (QED) is 0.504. The Kier molecular flexibility index (Phi) is 5.82. The molecule has 1 amide bonds. The third-order valence-corrected chi connectivity index (χ3v) is 4.73. The van der Waals surface area contributed by atoms with Crippen LogP contribution in [0.15, 0.2) is 54.7 Å². The molecule has 150 valence electrons. The number of ketones is 1. The maximum absolute atomic E-state index is 12.7. The lowest BCUT2D eigenvalue weighted by Crippen LogP contribution is -2.24. The number of hydrogen-bond acceptors (Lipinski definition) is 4. The van der Waals surface area contributed by atoms with E-state index >= 15 is 0 Å². The normalized spacial score (nSPS) is 12.0. The number of amides is 1. The van der Waals surface area contributed by atoms with E-state index in [0.29, 0.717) is 16.8 Å². The topological polar surface area (TPSA) is 77.4 Å². The molecule has 0 fully saturated rings. The van der Waals surface area contributed by atoms with E-state index in [1.807, 2.05) is 35.9 Å². The fraction of sp³-hybridized carbons (Fsp3) is 0.261. The summed E-state index contributed by atoms with van der Waals surface area (Å²) in [6.45, 7) is 5.16. The predicted octanol–water partition coefficient (Wildman–Crippen LogP) is 4.20. The third-order valence-electron chi connectivity index (χ3n) is 4.73. The molecule has 29 heavy (non-hydrogen) atoms. The number of carbonyl (C=O) groups excluding carboxylic acids is 3. The van der Waals surface area contributed by atoms with E-state index in [1.54, 1.807) is 51.2 Å². The first-order chi connectivity index (χ1) is 13.8. The van der Waals surface area contributed by atoms with Gasteiger partial charge in [-0.15, -0.1) is 0 Å². The molecule has 0 aliphatic heterocycles. The Morgan fingerprint density at radius 3 is 2.28 bits per heavy atom. The Balaban J connectivity index is 1.70. The first kappa shape index (κ1) is 20.3. The molecule has 6 nitrogen and oxygen atoms in total. The molecule has 6 heteroatoms. The molecule has 0 aliphatic rings. The standard InChI is InChI=1S/C23H24N2O4/c1-14(2)22(27)24-17-11-9-16(10-12-17)21(26)15(3)29-23(28)19-13-25(4)20-8-6-5-7-18(19)20/h5-15H,1-4H3,(H,24,27)/t15-/m1/s1. The molecule has 0 unspecified atom stereocenters. The van der Waals surface area contributed by atoms with E-state index in [-0.39, 0.29) is 17.6 Å². The number of fused-ring (bicyclic) bond motifs is 1. The Bertz CT molecular complexity index is 1060. The van der Waals surface area contributed by atoms with Crippen molar-refractivity contribution in [3.63, 3.8) is 0 Å². The van der Waals surface area contributed by atoms with Gasteiger partial charge in [-0.25, -0.2) is 4.79 Å². The van der Waals surface area contributed by atoms with Crippen LogP contribution in [0.4, 0.5) is 5.69 Å². The second kappa shape index (κ2) is 8.31. The lowest BCUT2D eigenvalue weighted by Gasteiger charge is -2.13. The summed E-state index contributed by atoms with van der Waals surface area (Å²) in [5.74, 6) is -1.07. The van der Waals surface area contributed by atoms with E-state index in [4.69, 9.17) is 4.74 Å². The van der Waals surface area contributed by atoms with Crippen molar-refractivity contribution in [2.75, 3.05) is 5.32 Å². The zero-order chi connectivity index (χ0) is 21.1. The van der Waals surface area contributed by atoms with E-state index in [9.17, 15) is 14.4 Å². The molecule has 1 aromatic heterocycles. The van der Waals surface area contributed by atoms with Gasteiger partial charge in [-0.05, 0) is 37.3 Å². The molecule has 0 radical (unpaired) electrons. The van der Waals surface area contributed by atoms with Crippen LogP contribution >= 0.6 is 0 Å². The van der Waals surface area contributed by atoms with Gasteiger partial charge in [-0.2, -0.15) is 0 Å². The molecule has 1 N–H and O–H groups in total. The van der Waals surface area contributed by atoms with Gasteiger partial charge in [-0.1, -0.05) is 32.0 Å². The Hall–Kier alpha value is -3.41. The Labute approximate surface area is 169 Å². The van der Waals surface area contributed by atoms with Crippen LogP contribution in [0.3, 0.4) is 0 Å². The number of para-hydroxylation sites is 1. The number of carbonyl (C=O) groups is 3. The van der Waals surface area contributed by atoms with E-state index < -0.39 is 12.1 Å². The summed E-state index contributed by atoms with van der Waals surface area (Å²) >= 11 is 0. The van der Waals surface area contributed by atoms with Gasteiger partial charge in [0.1, 0.15) is 0 Å². The molecule has 0 saturated carbocycles. The van der Waals surface area contributed by atoms with E-state index in [0.717, 1.165) is 10.9 Å². The van der Waals surface area contributed by atoms with Gasteiger partial charge >= 0.3 is 5.97 Å². The lowest BCUT2D eigenvalue weighted by atomic mass is 10.1. The SMILES string of the molecule is CC(C)C(=O)Nc1ccc(C(=O)[C@@H](C)OC(=O)c2cn(C)c3ccccc23)cc1. The highest BCUT2D eigenvalue weighted by molar-refractivity contribution is 6.06. The highest BCUT2D eigenvalue weighted by Gasteiger charge is 2.23. The minimum atomic E-state index is -0.933. The third kappa shape index (κ3) is 4.37. The number of aryl methyl sites for hydroxylation is 1. The van der Waals surface area contributed by atoms with Crippen molar-refractivity contribution < 1.29 is 19.1 Å². The van der Waals surface area contributed by atoms with Crippen LogP contribution in [0.1, 0.15) is 41.5 Å². The van der Waals surface area contributed by atoms with Crippen molar-refractivity contribution in [2.24, 2.45) is 13.0 Å². The lowest BCUT2D eigenvalue weighted by molar-refractivity contribution is -0.118. The number of rotatable bonds is 6. The minimum absolute atomic E-state index is 0.0959. The average molecular weight is 392 g/mol. The number of benzene rings is 2. The molecular weight excluding hydrogens is 368 g/mol. The molecular formula is C23H24N2O4. The summed E-state index contributed by atoms with van der Waals surface area (Å²) in [5.41, 5.74) is 2.36. The average Bonchev–Trinajstić information content (AvgIpc) is 3.05. The fourth-order valence-electron chi connectivity index (χ4n) is 3.02. The van der Waals surface area contributed by atoms with Gasteiger partial charge in [-0.3, -0.25) is 9.59 Å². The molecule has 0 bridgehead atoms. The molecule has 0 spiro atoms. The molecule has 2 aromatic carbocycles. The van der Waals surface area contributed by atoms with Crippen molar-refractivity contribution in [3.8, 4) is 0 Å². The second-order valence-corrected chi connectivity index (χ2v) is 7.30. The van der Waals surface area contributed by atoms with Crippen molar-refractivity contribution >= 4 is 34.3 Å². The summed E-state index contributed by atoms with van der Waals surface area (Å²) in [6, 6.07) is 14.1. The van der Waals surface area contributed by atoms with Crippen LogP contribution in [-0.4, -0.2) is 28.3 Å². The maximum Gasteiger partial charge on any atom is 0.341 e. The summed E-state index contributed by atoms with van der Waals surface area (Å²) in [5, 5.41) is 3.55. The van der Waals surface area contributed by atoms with Gasteiger partial charge < -0.3 is 14.6 Å². The Morgan fingerprint density at radius 1 is 0.966 bits per heavy atom. The van der Waals surface area contributed by atoms with Crippen molar-refractivity contribution in [2.45, 2.75) is 26.9 Å². The summed E-state index contributed by atoms with van der Waals surface area (Å²) in [7, 11) is 1.85. The van der Waals surface area contributed by atoms with Crippen molar-refractivity contribution in [1.29, 1.82) is 0 Å². The van der Waals surface area contributed by atoms with Crippen molar-refractivity contribution in [3.05, 3.63) is 65.9 Å². The summed E-state index contributed by atoms with van der Waals surface area (Å²) in [4.78, 5) is 37.0. The van der Waals surface area contributed by atoms with Crippen LogP contribution in [0.25, 0.3) is 10.9 Å². The predicted molar refractivity (Wildman–Crippen MR) is 112 cm³/mol. The van der Waals surface area contributed by atoms with Crippen LogP contribution < -0.4 is 5.32 Å². The zero-order valence-electron chi connectivity index (χ0n) is 16.9. The number of nitrogens with one attached hydrogen (secondary N) is 1. The number of anilines is 1. The second-order valence-electron chi connectivity index (χ2n) is 7.30. The molecule has 3 rings (SSSR count). The molecule has 1 heterocycles. The number of aromatic nitrogens is 1. The maximum atomic E-state index is 12.7. The molecule has 0 aliphatic carbocycles. The molecule has 3 aromatic rings. The van der Waals surface area contributed by atoms with Gasteiger partial charge in [0, 0.05) is 41.3 Å². The van der Waals surface area contributed by atoms with E-state index in [2.05, 4.69) is 5.32 Å². The van der Waals surface area contributed by atoms with Gasteiger partial charge in [0.15, 0.2) is 6.10 Å². The molecule has 0 saturated heterocycles. The highest BCUT2D eigenvalue weighted by atomic mass is 16.5. The number of nitrogens with zero attached hydrogens (tertiary/aromatic N) is 1. The minimum Gasteiger partial charge on any atom is -0.451 e. The summed E-state index contributed by atoms with van der Waals surface area (Å²) in [6.07, 6.45) is 0.772. The first-order valence-electron chi connectivity index (χ1n) is 9.48. The van der Waals surface area contributed by atoms with Gasteiger partial charge in [0.25, 0.3) is 0 Å². The number of Topliss-reactive ketones (excluding diaryl/α,β-unsaturated/α-hetero) is 1. The Morgan fingerprint density at radius 2 is 1.62 bits per heavy atom. The van der Waals surface area contributed by atoms with Gasteiger partial charge in [0.2, 0.25) is 11.7 Å². The largest absolute Gasteiger partial charge is 0.451 e. The zero-order valence-corrected chi connectivity index (χ0v) is 16.9. The highest BCUT2D eigenvalue weighted by Crippen LogP contribution is 2.22. The number of ether oxygens (including phenoxy) is 1. The van der Waals surface area contributed by atoms with Crippen LogP contribution in [-0.2, 0) is 16.6 Å². The van der Waals surface area contributed by atoms with E-state index in [1.165, 1.54) is 0 Å². The van der Waals surface area contributed by atoms with Gasteiger partial charge in [0.05, 0.1) is 5.56 Å². The van der Waals surface area contributed by atoms with Crippen molar-refractivity contribution in [1.82, 2.24) is 4.57 Å². The van der Waals surface area contributed by atoms with Crippen LogP contribution in [0.2, 0.25) is 0 Å². The number of esters is 1. The summed E-state index contributed by atoms with van der Waals surface area (Å²) < 4.78 is 7.28. The monoisotopic (exact) mass is 392 g/mol. The smallest absolute Gasteiger partial charge is 0.341 e. The number of hydrogen-bond donors (Lipinski definition) is 1. The fourth-order valence-corrected chi connectivity index (χ4v) is 3.02.